The lowest BCUT2D eigenvalue weighted by Gasteiger charge is -2.17. The van der Waals surface area contributed by atoms with Gasteiger partial charge in [-0.3, -0.25) is 0 Å². The van der Waals surface area contributed by atoms with Gasteiger partial charge in [-0.05, 0) is 19.1 Å². The second kappa shape index (κ2) is 7.51. The molecule has 0 fully saturated rings. The van der Waals surface area contributed by atoms with Crippen LogP contribution in [-0.4, -0.2) is 18.7 Å². The Labute approximate surface area is 115 Å². The molecule has 1 aromatic rings. The number of rotatable bonds is 4. The van der Waals surface area contributed by atoms with Crippen LogP contribution in [0.3, 0.4) is 0 Å². The fourth-order valence-corrected chi connectivity index (χ4v) is 1.63. The number of hydrogen-bond acceptors (Lipinski definition) is 3. The molecule has 1 aromatic carbocycles. The molecule has 0 saturated carbocycles. The van der Waals surface area contributed by atoms with E-state index in [2.05, 4.69) is 4.74 Å². The van der Waals surface area contributed by atoms with E-state index in [0.29, 0.717) is 0 Å². The third kappa shape index (κ3) is 3.80. The first kappa shape index (κ1) is 17.1. The average Bonchev–Trinajstić information content (AvgIpc) is 2.27. The summed E-state index contributed by atoms with van der Waals surface area (Å²) in [6.07, 6.45) is -2.15. The van der Waals surface area contributed by atoms with Gasteiger partial charge in [-0.2, -0.15) is 0 Å². The van der Waals surface area contributed by atoms with Crippen LogP contribution < -0.4 is 5.73 Å². The molecule has 0 aliphatic rings. The van der Waals surface area contributed by atoms with E-state index in [9.17, 15) is 13.6 Å². The molecule has 0 saturated heterocycles. The van der Waals surface area contributed by atoms with Crippen molar-refractivity contribution in [3.05, 3.63) is 34.6 Å². The fraction of sp³-hybridized carbons (Fsp3) is 0.364. The van der Waals surface area contributed by atoms with Gasteiger partial charge in [-0.15, -0.1) is 12.4 Å². The van der Waals surface area contributed by atoms with Gasteiger partial charge in [0.25, 0.3) is 0 Å². The van der Waals surface area contributed by atoms with Crippen LogP contribution in [0.4, 0.5) is 8.78 Å². The molecule has 0 aliphatic heterocycles. The van der Waals surface area contributed by atoms with Crippen molar-refractivity contribution in [3.8, 4) is 0 Å². The number of ether oxygens (including phenoxy) is 1. The van der Waals surface area contributed by atoms with Crippen molar-refractivity contribution < 1.29 is 18.3 Å². The first-order valence-corrected chi connectivity index (χ1v) is 5.37. The van der Waals surface area contributed by atoms with Crippen LogP contribution in [0.2, 0.25) is 5.02 Å². The van der Waals surface area contributed by atoms with Crippen molar-refractivity contribution in [2.24, 2.45) is 5.73 Å². The van der Waals surface area contributed by atoms with Crippen LogP contribution in [-0.2, 0) is 9.53 Å². The van der Waals surface area contributed by atoms with E-state index in [0.717, 1.165) is 6.07 Å². The summed E-state index contributed by atoms with van der Waals surface area (Å²) in [7, 11) is 0. The Balaban J connectivity index is 0.00000289. The van der Waals surface area contributed by atoms with Crippen molar-refractivity contribution in [2.75, 3.05) is 6.61 Å². The van der Waals surface area contributed by atoms with Gasteiger partial charge in [0.2, 0.25) is 6.17 Å². The molecule has 102 valence electrons. The summed E-state index contributed by atoms with van der Waals surface area (Å²) < 4.78 is 31.5. The summed E-state index contributed by atoms with van der Waals surface area (Å²) in [6, 6.07) is 2.35. The molecule has 7 heteroatoms. The monoisotopic (exact) mass is 299 g/mol. The topological polar surface area (TPSA) is 52.3 Å². The molecule has 2 atom stereocenters. The van der Waals surface area contributed by atoms with Gasteiger partial charge in [0.1, 0.15) is 5.82 Å². The van der Waals surface area contributed by atoms with Crippen molar-refractivity contribution in [1.29, 1.82) is 0 Å². The summed E-state index contributed by atoms with van der Waals surface area (Å²) >= 11 is 5.71. The highest BCUT2D eigenvalue weighted by Crippen LogP contribution is 2.28. The summed E-state index contributed by atoms with van der Waals surface area (Å²) in [5.74, 6) is -1.88. The molecule has 0 aromatic heterocycles. The Morgan fingerprint density at radius 1 is 1.56 bits per heavy atom. The zero-order valence-corrected chi connectivity index (χ0v) is 11.1. The van der Waals surface area contributed by atoms with Crippen LogP contribution in [0.15, 0.2) is 18.2 Å². The van der Waals surface area contributed by atoms with Gasteiger partial charge < -0.3 is 10.5 Å². The fourth-order valence-electron chi connectivity index (χ4n) is 1.34. The number of carbonyl (C=O) groups is 1. The number of benzene rings is 1. The van der Waals surface area contributed by atoms with E-state index < -0.39 is 24.0 Å². The first-order valence-electron chi connectivity index (χ1n) is 4.99. The quantitative estimate of drug-likeness (QED) is 0.870. The number of carbonyl (C=O) groups excluding carboxylic acids is 1. The number of alkyl halides is 1. The van der Waals surface area contributed by atoms with Crippen LogP contribution in [0.1, 0.15) is 18.5 Å². The molecule has 3 nitrogen and oxygen atoms in total. The van der Waals surface area contributed by atoms with Crippen molar-refractivity contribution >= 4 is 30.0 Å². The molecule has 1 unspecified atom stereocenters. The van der Waals surface area contributed by atoms with Crippen molar-refractivity contribution in [2.45, 2.75) is 19.1 Å². The van der Waals surface area contributed by atoms with E-state index in [1.165, 1.54) is 19.1 Å². The van der Waals surface area contributed by atoms with Gasteiger partial charge in [0, 0.05) is 10.6 Å². The van der Waals surface area contributed by atoms with Crippen LogP contribution in [0.5, 0.6) is 0 Å². The first-order chi connectivity index (χ1) is 7.99. The summed E-state index contributed by atoms with van der Waals surface area (Å²) in [6.45, 7) is 1.56. The van der Waals surface area contributed by atoms with Crippen molar-refractivity contribution in [3.63, 3.8) is 0 Å². The molecule has 0 radical (unpaired) electrons. The molecule has 0 amide bonds. The highest BCUT2D eigenvalue weighted by molar-refractivity contribution is 6.31. The van der Waals surface area contributed by atoms with E-state index in [1.54, 1.807) is 0 Å². The standard InChI is InChI=1S/C11H12ClF2NO2.ClH/c1-2-17-11(16)9(14)10(15)8-6(12)4-3-5-7(8)13;/h3-5,9-10H,2,15H2,1H3;1H/t9?,10-;/m1./s1. The van der Waals surface area contributed by atoms with Gasteiger partial charge in [0.05, 0.1) is 12.6 Å². The highest BCUT2D eigenvalue weighted by atomic mass is 35.5. The predicted octanol–water partition coefficient (Wildman–Crippen LogP) is 2.80. The summed E-state index contributed by atoms with van der Waals surface area (Å²) in [5.41, 5.74) is 5.24. The molecular weight excluding hydrogens is 287 g/mol. The Hall–Kier alpha value is -0.910. The Bertz CT molecular complexity index is 398. The lowest BCUT2D eigenvalue weighted by molar-refractivity contribution is -0.149. The molecule has 1 rings (SSSR count). The minimum Gasteiger partial charge on any atom is -0.464 e. The normalized spacial score (nSPS) is 13.4. The zero-order valence-electron chi connectivity index (χ0n) is 9.53. The summed E-state index contributed by atoms with van der Waals surface area (Å²) in [4.78, 5) is 11.1. The molecule has 0 aliphatic carbocycles. The van der Waals surface area contributed by atoms with Gasteiger partial charge in [-0.25, -0.2) is 13.6 Å². The molecule has 18 heavy (non-hydrogen) atoms. The molecule has 0 bridgehead atoms. The lowest BCUT2D eigenvalue weighted by Crippen LogP contribution is -2.32. The van der Waals surface area contributed by atoms with Crippen LogP contribution in [0.25, 0.3) is 0 Å². The third-order valence-electron chi connectivity index (χ3n) is 2.16. The van der Waals surface area contributed by atoms with Gasteiger partial charge in [0.15, 0.2) is 0 Å². The Morgan fingerprint density at radius 2 is 2.17 bits per heavy atom. The van der Waals surface area contributed by atoms with Crippen molar-refractivity contribution in [1.82, 2.24) is 0 Å². The molecule has 0 spiro atoms. The SMILES string of the molecule is CCOC(=O)C(F)[C@H](N)c1c(F)cccc1Cl.Cl. The molecule has 2 N–H and O–H groups in total. The van der Waals surface area contributed by atoms with Crippen LogP contribution >= 0.6 is 24.0 Å². The zero-order chi connectivity index (χ0) is 13.0. The van der Waals surface area contributed by atoms with Gasteiger partial charge in [-0.1, -0.05) is 17.7 Å². The smallest absolute Gasteiger partial charge is 0.342 e. The highest BCUT2D eigenvalue weighted by Gasteiger charge is 2.31. The van der Waals surface area contributed by atoms with E-state index >= 15 is 0 Å². The van der Waals surface area contributed by atoms with Gasteiger partial charge >= 0.3 is 5.97 Å². The average molecular weight is 300 g/mol. The third-order valence-corrected chi connectivity index (χ3v) is 2.49. The minimum absolute atomic E-state index is 0. The largest absolute Gasteiger partial charge is 0.464 e. The Kier molecular flexibility index (Phi) is 7.13. The Morgan fingerprint density at radius 3 is 2.67 bits per heavy atom. The maximum absolute atomic E-state index is 13.6. The minimum atomic E-state index is -2.15. The number of esters is 1. The molecule has 0 heterocycles. The number of nitrogens with two attached hydrogens (primary N) is 1. The second-order valence-electron chi connectivity index (χ2n) is 3.31. The van der Waals surface area contributed by atoms with Crippen LogP contribution in [0, 0.1) is 5.82 Å². The maximum atomic E-state index is 13.6. The number of halogens is 4. The number of hydrogen-bond donors (Lipinski definition) is 1. The van der Waals surface area contributed by atoms with E-state index in [-0.39, 0.29) is 29.6 Å². The predicted molar refractivity (Wildman–Crippen MR) is 67.1 cm³/mol. The van der Waals surface area contributed by atoms with E-state index in [1.807, 2.05) is 0 Å². The molecular formula is C11H13Cl2F2NO2. The maximum Gasteiger partial charge on any atom is 0.342 e. The summed E-state index contributed by atoms with van der Waals surface area (Å²) in [5, 5.41) is -0.0237. The van der Waals surface area contributed by atoms with E-state index in [4.69, 9.17) is 17.3 Å². The lowest BCUT2D eigenvalue weighted by atomic mass is 10.0. The second-order valence-corrected chi connectivity index (χ2v) is 3.72.